The van der Waals surface area contributed by atoms with E-state index >= 15 is 0 Å². The Morgan fingerprint density at radius 3 is 2.65 bits per heavy atom. The molecule has 1 aromatic carbocycles. The van der Waals surface area contributed by atoms with Gasteiger partial charge >= 0.3 is 0 Å². The fourth-order valence-corrected chi connectivity index (χ4v) is 3.21. The van der Waals surface area contributed by atoms with Crippen molar-refractivity contribution in [1.82, 2.24) is 9.78 Å². The predicted octanol–water partition coefficient (Wildman–Crippen LogP) is 3.95. The van der Waals surface area contributed by atoms with E-state index in [1.54, 1.807) is 10.9 Å². The molecule has 4 nitrogen and oxygen atoms in total. The Hall–Kier alpha value is -1.92. The smallest absolute Gasteiger partial charge is 0.266 e. The van der Waals surface area contributed by atoms with Crippen LogP contribution in [-0.2, 0) is 0 Å². The Morgan fingerprint density at radius 1 is 1.25 bits per heavy atom. The second-order valence-electron chi connectivity index (χ2n) is 4.05. The largest absolute Gasteiger partial charge is 0.321 e. The number of amides is 1. The van der Waals surface area contributed by atoms with Crippen molar-refractivity contribution in [2.75, 3.05) is 5.32 Å². The molecule has 0 aliphatic rings. The Morgan fingerprint density at radius 2 is 2.05 bits per heavy atom. The topological polar surface area (TPSA) is 46.9 Å². The van der Waals surface area contributed by atoms with Gasteiger partial charge in [0.1, 0.15) is 4.88 Å². The maximum Gasteiger partial charge on any atom is 0.266 e. The van der Waals surface area contributed by atoms with E-state index in [9.17, 15) is 4.79 Å². The lowest BCUT2D eigenvalue weighted by Crippen LogP contribution is -2.10. The van der Waals surface area contributed by atoms with Gasteiger partial charge in [0.2, 0.25) is 0 Å². The minimum Gasteiger partial charge on any atom is -0.321 e. The molecule has 0 saturated carbocycles. The van der Waals surface area contributed by atoms with Crippen LogP contribution in [0.2, 0.25) is 0 Å². The van der Waals surface area contributed by atoms with Crippen LogP contribution in [0.5, 0.6) is 0 Å². The van der Waals surface area contributed by atoms with E-state index < -0.39 is 0 Å². The van der Waals surface area contributed by atoms with Crippen LogP contribution in [-0.4, -0.2) is 15.7 Å². The third-order valence-corrected chi connectivity index (χ3v) is 4.55. The zero-order valence-corrected chi connectivity index (χ0v) is 12.7. The fourth-order valence-electron chi connectivity index (χ4n) is 1.76. The molecular weight excluding hydrogens is 338 g/mol. The number of benzene rings is 1. The van der Waals surface area contributed by atoms with Crippen LogP contribution in [0.25, 0.3) is 5.69 Å². The highest BCUT2D eigenvalue weighted by atomic mass is 79.9. The number of hydrogen-bond acceptors (Lipinski definition) is 3. The lowest BCUT2D eigenvalue weighted by Gasteiger charge is -2.06. The standard InChI is InChI=1S/C14H10BrN3OS/c15-12-6-9-20-13(12)14(19)17-10-2-4-11(5-3-10)18-8-1-7-16-18/h1-9H,(H,17,19). The van der Waals surface area contributed by atoms with Crippen molar-refractivity contribution in [3.8, 4) is 5.69 Å². The first-order chi connectivity index (χ1) is 9.74. The summed E-state index contributed by atoms with van der Waals surface area (Å²) in [5, 5.41) is 8.90. The van der Waals surface area contributed by atoms with Crippen LogP contribution in [0, 0.1) is 0 Å². The third-order valence-electron chi connectivity index (χ3n) is 2.72. The van der Waals surface area contributed by atoms with E-state index in [0.717, 1.165) is 15.8 Å². The highest BCUT2D eigenvalue weighted by Gasteiger charge is 2.11. The van der Waals surface area contributed by atoms with Crippen molar-refractivity contribution >= 4 is 38.9 Å². The van der Waals surface area contributed by atoms with Gasteiger partial charge in [0.15, 0.2) is 0 Å². The van der Waals surface area contributed by atoms with Gasteiger partial charge in [-0.2, -0.15) is 5.10 Å². The summed E-state index contributed by atoms with van der Waals surface area (Å²) in [5.74, 6) is -0.112. The van der Waals surface area contributed by atoms with Gasteiger partial charge < -0.3 is 5.32 Å². The summed E-state index contributed by atoms with van der Waals surface area (Å²) in [6, 6.07) is 11.3. The normalized spacial score (nSPS) is 10.4. The van der Waals surface area contributed by atoms with E-state index in [4.69, 9.17) is 0 Å². The van der Waals surface area contributed by atoms with Gasteiger partial charge in [0, 0.05) is 22.6 Å². The molecule has 20 heavy (non-hydrogen) atoms. The van der Waals surface area contributed by atoms with Crippen molar-refractivity contribution in [1.29, 1.82) is 0 Å². The molecule has 2 heterocycles. The summed E-state index contributed by atoms with van der Waals surface area (Å²) in [6.45, 7) is 0. The quantitative estimate of drug-likeness (QED) is 0.779. The van der Waals surface area contributed by atoms with Crippen LogP contribution in [0.1, 0.15) is 9.67 Å². The lowest BCUT2D eigenvalue weighted by atomic mass is 10.2. The van der Waals surface area contributed by atoms with Crippen LogP contribution >= 0.6 is 27.3 Å². The summed E-state index contributed by atoms with van der Waals surface area (Å²) in [7, 11) is 0. The number of rotatable bonds is 3. The van der Waals surface area contributed by atoms with Crippen LogP contribution in [0.3, 0.4) is 0 Å². The van der Waals surface area contributed by atoms with Crippen LogP contribution < -0.4 is 5.32 Å². The number of aromatic nitrogens is 2. The van der Waals surface area contributed by atoms with Gasteiger partial charge in [0.05, 0.1) is 5.69 Å². The zero-order valence-electron chi connectivity index (χ0n) is 10.3. The molecule has 0 fully saturated rings. The first-order valence-electron chi connectivity index (χ1n) is 5.88. The number of hydrogen-bond donors (Lipinski definition) is 1. The van der Waals surface area contributed by atoms with Crippen molar-refractivity contribution in [2.45, 2.75) is 0 Å². The first-order valence-corrected chi connectivity index (χ1v) is 7.56. The lowest BCUT2D eigenvalue weighted by molar-refractivity contribution is 0.103. The molecule has 0 atom stereocenters. The number of carbonyl (C=O) groups excluding carboxylic acids is 1. The molecule has 3 aromatic rings. The minimum atomic E-state index is -0.112. The summed E-state index contributed by atoms with van der Waals surface area (Å²) in [5.41, 5.74) is 1.71. The third kappa shape index (κ3) is 2.66. The molecule has 3 rings (SSSR count). The highest BCUT2D eigenvalue weighted by molar-refractivity contribution is 9.10. The fraction of sp³-hybridized carbons (Fsp3) is 0. The van der Waals surface area contributed by atoms with Gasteiger partial charge in [-0.15, -0.1) is 11.3 Å². The average molecular weight is 348 g/mol. The van der Waals surface area contributed by atoms with Crippen molar-refractivity contribution in [2.24, 2.45) is 0 Å². The van der Waals surface area contributed by atoms with Gasteiger partial charge in [-0.25, -0.2) is 4.68 Å². The number of carbonyl (C=O) groups is 1. The van der Waals surface area contributed by atoms with E-state index in [1.807, 2.05) is 48.0 Å². The van der Waals surface area contributed by atoms with E-state index in [-0.39, 0.29) is 5.91 Å². The Bertz CT molecular complexity index is 719. The molecule has 1 N–H and O–H groups in total. The van der Waals surface area contributed by atoms with Crippen molar-refractivity contribution in [3.63, 3.8) is 0 Å². The second-order valence-corrected chi connectivity index (χ2v) is 5.82. The maximum absolute atomic E-state index is 12.1. The first kappa shape index (κ1) is 13.1. The number of halogens is 1. The van der Waals surface area contributed by atoms with Gasteiger partial charge in [-0.3, -0.25) is 4.79 Å². The molecule has 0 aliphatic carbocycles. The van der Waals surface area contributed by atoms with Gasteiger partial charge in [0.25, 0.3) is 5.91 Å². The summed E-state index contributed by atoms with van der Waals surface area (Å²) < 4.78 is 2.58. The summed E-state index contributed by atoms with van der Waals surface area (Å²) in [6.07, 6.45) is 3.60. The van der Waals surface area contributed by atoms with Crippen LogP contribution in [0.4, 0.5) is 5.69 Å². The number of anilines is 1. The predicted molar refractivity (Wildman–Crippen MR) is 83.5 cm³/mol. The Labute approximate surface area is 128 Å². The summed E-state index contributed by atoms with van der Waals surface area (Å²) in [4.78, 5) is 12.7. The molecule has 100 valence electrons. The number of nitrogens with one attached hydrogen (secondary N) is 1. The number of thiophene rings is 1. The molecular formula is C14H10BrN3OS. The van der Waals surface area contributed by atoms with Crippen LogP contribution in [0.15, 0.2) is 58.6 Å². The molecule has 0 unspecified atom stereocenters. The molecule has 0 bridgehead atoms. The Balaban J connectivity index is 1.76. The molecule has 2 aromatic heterocycles. The Kier molecular flexibility index (Phi) is 3.66. The average Bonchev–Trinajstić information content (AvgIpc) is 3.10. The monoisotopic (exact) mass is 347 g/mol. The molecule has 0 saturated heterocycles. The van der Waals surface area contributed by atoms with E-state index in [2.05, 4.69) is 26.3 Å². The molecule has 0 spiro atoms. The maximum atomic E-state index is 12.1. The molecule has 0 radical (unpaired) electrons. The van der Waals surface area contributed by atoms with Crippen molar-refractivity contribution < 1.29 is 4.79 Å². The highest BCUT2D eigenvalue weighted by Crippen LogP contribution is 2.24. The van der Waals surface area contributed by atoms with E-state index in [1.165, 1.54) is 11.3 Å². The molecule has 1 amide bonds. The molecule has 0 aliphatic heterocycles. The SMILES string of the molecule is O=C(Nc1ccc(-n2cccn2)cc1)c1sccc1Br. The van der Waals surface area contributed by atoms with Crippen molar-refractivity contribution in [3.05, 3.63) is 63.5 Å². The minimum absolute atomic E-state index is 0.112. The second kappa shape index (κ2) is 5.60. The molecule has 6 heteroatoms. The summed E-state index contributed by atoms with van der Waals surface area (Å²) >= 11 is 4.76. The number of nitrogens with zero attached hydrogens (tertiary/aromatic N) is 2. The van der Waals surface area contributed by atoms with E-state index in [0.29, 0.717) is 4.88 Å². The zero-order chi connectivity index (χ0) is 13.9. The van der Waals surface area contributed by atoms with Gasteiger partial charge in [-0.1, -0.05) is 0 Å². The van der Waals surface area contributed by atoms with Gasteiger partial charge in [-0.05, 0) is 57.7 Å².